The zero-order valence-corrected chi connectivity index (χ0v) is 14.7. The lowest BCUT2D eigenvalue weighted by atomic mass is 10.1. The first-order valence-corrected chi connectivity index (χ1v) is 9.95. The van der Waals surface area contributed by atoms with Gasteiger partial charge in [0, 0.05) is 17.0 Å². The van der Waals surface area contributed by atoms with Gasteiger partial charge in [0.2, 0.25) is 16.1 Å². The molecule has 1 aliphatic carbocycles. The fraction of sp³-hybridized carbons (Fsp3) is 0.250. The van der Waals surface area contributed by atoms with Gasteiger partial charge < -0.3 is 10.1 Å². The lowest BCUT2D eigenvalue weighted by Crippen LogP contribution is -2.33. The Hall–Kier alpha value is -2.23. The number of hydrogen-bond donors (Lipinski definition) is 2. The van der Waals surface area contributed by atoms with Crippen LogP contribution in [0.1, 0.15) is 34.9 Å². The van der Waals surface area contributed by atoms with Gasteiger partial charge in [-0.25, -0.2) is 18.4 Å². The van der Waals surface area contributed by atoms with Crippen molar-refractivity contribution in [2.75, 3.05) is 0 Å². The van der Waals surface area contributed by atoms with Crippen molar-refractivity contribution in [1.82, 2.24) is 5.32 Å². The van der Waals surface area contributed by atoms with Gasteiger partial charge in [0.25, 0.3) is 5.91 Å². The molecule has 7 nitrogen and oxygen atoms in total. The van der Waals surface area contributed by atoms with Gasteiger partial charge in [0.1, 0.15) is 4.21 Å². The summed E-state index contributed by atoms with van der Waals surface area (Å²) < 4.78 is 27.9. The number of sulfonamides is 1. The summed E-state index contributed by atoms with van der Waals surface area (Å²) in [4.78, 5) is 24.8. The molecule has 1 saturated carbocycles. The highest BCUT2D eigenvalue weighted by atomic mass is 32.2. The summed E-state index contributed by atoms with van der Waals surface area (Å²) in [7, 11) is -3.89. The Morgan fingerprint density at radius 2 is 1.92 bits per heavy atom. The second kappa shape index (κ2) is 6.95. The van der Waals surface area contributed by atoms with Crippen molar-refractivity contribution >= 4 is 33.2 Å². The van der Waals surface area contributed by atoms with Crippen molar-refractivity contribution in [3.05, 3.63) is 52.9 Å². The maximum absolute atomic E-state index is 12.4. The first kappa shape index (κ1) is 17.6. The molecule has 1 unspecified atom stereocenters. The highest BCUT2D eigenvalue weighted by Gasteiger charge is 2.31. The number of ether oxygens (including phenoxy) is 1. The van der Waals surface area contributed by atoms with E-state index in [1.165, 1.54) is 5.38 Å². The summed E-state index contributed by atoms with van der Waals surface area (Å²) >= 11 is 0.822. The summed E-state index contributed by atoms with van der Waals surface area (Å²) in [6.45, 7) is 0. The molecule has 9 heteroatoms. The van der Waals surface area contributed by atoms with Crippen molar-refractivity contribution in [3.8, 4) is 0 Å². The van der Waals surface area contributed by atoms with E-state index in [2.05, 4.69) is 5.32 Å². The van der Waals surface area contributed by atoms with Gasteiger partial charge in [-0.2, -0.15) is 0 Å². The van der Waals surface area contributed by atoms with Gasteiger partial charge in [0.05, 0.1) is 5.56 Å². The number of nitrogens with two attached hydrogens (primary N) is 1. The Morgan fingerprint density at radius 3 is 2.48 bits per heavy atom. The Bertz CT molecular complexity index is 888. The molecule has 1 aromatic heterocycles. The van der Waals surface area contributed by atoms with Crippen molar-refractivity contribution in [3.63, 3.8) is 0 Å². The largest absolute Gasteiger partial charge is 0.444 e. The minimum atomic E-state index is -3.89. The van der Waals surface area contributed by atoms with Crippen LogP contribution >= 0.6 is 11.3 Å². The number of benzene rings is 1. The lowest BCUT2D eigenvalue weighted by Gasteiger charge is -2.17. The second-order valence-electron chi connectivity index (χ2n) is 5.68. The number of rotatable bonds is 6. The molecule has 132 valence electrons. The number of esters is 1. The van der Waals surface area contributed by atoms with Crippen molar-refractivity contribution in [2.45, 2.75) is 29.2 Å². The maximum atomic E-state index is 12.4. The van der Waals surface area contributed by atoms with E-state index >= 15 is 0 Å². The number of thiophene rings is 1. The predicted octanol–water partition coefficient (Wildman–Crippen LogP) is 1.57. The van der Waals surface area contributed by atoms with Gasteiger partial charge in [-0.15, -0.1) is 11.3 Å². The topological polar surface area (TPSA) is 116 Å². The highest BCUT2D eigenvalue weighted by molar-refractivity contribution is 7.91. The monoisotopic (exact) mass is 380 g/mol. The summed E-state index contributed by atoms with van der Waals surface area (Å²) in [5.74, 6) is -1.19. The van der Waals surface area contributed by atoms with E-state index < -0.39 is 28.0 Å². The first-order chi connectivity index (χ1) is 11.8. The van der Waals surface area contributed by atoms with Crippen molar-refractivity contribution in [1.29, 1.82) is 0 Å². The molecule has 0 radical (unpaired) electrons. The standard InChI is InChI=1S/C16H16N2O5S2/c17-25(21,22)13-8-11(9-24-13)16(20)23-14(10-4-2-1-3-5-10)15(19)18-12-6-7-12/h1-5,8-9,12,14H,6-7H2,(H,18,19)(H2,17,21,22). The van der Waals surface area contributed by atoms with E-state index in [-0.39, 0.29) is 15.8 Å². The molecule has 1 amide bonds. The van der Waals surface area contributed by atoms with Crippen LogP contribution in [-0.4, -0.2) is 26.3 Å². The van der Waals surface area contributed by atoms with Gasteiger partial charge in [-0.3, -0.25) is 4.79 Å². The third-order valence-corrected chi connectivity index (χ3v) is 5.97. The number of amides is 1. The van der Waals surface area contributed by atoms with E-state index in [1.807, 2.05) is 0 Å². The van der Waals surface area contributed by atoms with Crippen LogP contribution in [0.3, 0.4) is 0 Å². The van der Waals surface area contributed by atoms with Crippen LogP contribution in [-0.2, 0) is 19.6 Å². The van der Waals surface area contributed by atoms with Crippen molar-refractivity contribution in [2.24, 2.45) is 5.14 Å². The molecule has 25 heavy (non-hydrogen) atoms. The number of nitrogens with one attached hydrogen (secondary N) is 1. The van der Waals surface area contributed by atoms with Gasteiger partial charge in [0.15, 0.2) is 0 Å². The van der Waals surface area contributed by atoms with Crippen LogP contribution in [0.4, 0.5) is 0 Å². The molecule has 2 aromatic rings. The van der Waals surface area contributed by atoms with E-state index in [0.29, 0.717) is 5.56 Å². The molecule has 0 aliphatic heterocycles. The molecular weight excluding hydrogens is 364 g/mol. The molecule has 0 bridgehead atoms. The minimum absolute atomic E-state index is 0.0363. The van der Waals surface area contributed by atoms with Crippen LogP contribution in [0.5, 0.6) is 0 Å². The fourth-order valence-corrected chi connectivity index (χ4v) is 3.73. The highest BCUT2D eigenvalue weighted by Crippen LogP contribution is 2.25. The second-order valence-corrected chi connectivity index (χ2v) is 8.38. The number of carbonyl (C=O) groups is 2. The third kappa shape index (κ3) is 4.44. The normalized spacial score (nSPS) is 15.4. The Balaban J connectivity index is 1.80. The molecule has 0 saturated heterocycles. The quantitative estimate of drug-likeness (QED) is 0.738. The van der Waals surface area contributed by atoms with Crippen LogP contribution in [0.15, 0.2) is 46.0 Å². The molecule has 0 spiro atoms. The third-order valence-electron chi connectivity index (χ3n) is 3.58. The van der Waals surface area contributed by atoms with E-state index in [4.69, 9.17) is 9.88 Å². The zero-order chi connectivity index (χ0) is 18.0. The molecule has 3 rings (SSSR count). The SMILES string of the molecule is NS(=O)(=O)c1cc(C(=O)OC(C(=O)NC2CC2)c2ccccc2)cs1. The minimum Gasteiger partial charge on any atom is -0.444 e. The Morgan fingerprint density at radius 1 is 1.24 bits per heavy atom. The average Bonchev–Trinajstić information content (AvgIpc) is 3.23. The van der Waals surface area contributed by atoms with E-state index in [0.717, 1.165) is 30.2 Å². The van der Waals surface area contributed by atoms with E-state index in [9.17, 15) is 18.0 Å². The van der Waals surface area contributed by atoms with Gasteiger partial charge >= 0.3 is 5.97 Å². The predicted molar refractivity (Wildman–Crippen MR) is 91.5 cm³/mol. The van der Waals surface area contributed by atoms with Crippen LogP contribution in [0.2, 0.25) is 0 Å². The van der Waals surface area contributed by atoms with Gasteiger partial charge in [-0.1, -0.05) is 30.3 Å². The number of carbonyl (C=O) groups excluding carboxylic acids is 2. The molecular formula is C16H16N2O5S2. The van der Waals surface area contributed by atoms with Crippen LogP contribution in [0, 0.1) is 0 Å². The molecule has 1 atom stereocenters. The molecule has 1 heterocycles. The summed E-state index contributed by atoms with van der Waals surface area (Å²) in [5.41, 5.74) is 0.574. The maximum Gasteiger partial charge on any atom is 0.340 e. The first-order valence-electron chi connectivity index (χ1n) is 7.52. The molecule has 1 aliphatic rings. The fourth-order valence-electron chi connectivity index (χ4n) is 2.15. The Labute approximate surface area is 148 Å². The smallest absolute Gasteiger partial charge is 0.340 e. The average molecular weight is 380 g/mol. The van der Waals surface area contributed by atoms with Gasteiger partial charge in [-0.05, 0) is 18.9 Å². The molecule has 3 N–H and O–H groups in total. The Kier molecular flexibility index (Phi) is 4.89. The summed E-state index contributed by atoms with van der Waals surface area (Å²) in [5, 5.41) is 9.18. The number of hydrogen-bond acceptors (Lipinski definition) is 6. The van der Waals surface area contributed by atoms with Crippen molar-refractivity contribution < 1.29 is 22.7 Å². The lowest BCUT2D eigenvalue weighted by molar-refractivity contribution is -0.130. The zero-order valence-electron chi connectivity index (χ0n) is 13.0. The van der Waals surface area contributed by atoms with E-state index in [1.54, 1.807) is 30.3 Å². The van der Waals surface area contributed by atoms with Crippen LogP contribution in [0.25, 0.3) is 0 Å². The summed E-state index contributed by atoms with van der Waals surface area (Å²) in [6, 6.07) is 9.91. The molecule has 1 fully saturated rings. The number of primary sulfonamides is 1. The van der Waals surface area contributed by atoms with Crippen LogP contribution < -0.4 is 10.5 Å². The molecule has 1 aromatic carbocycles. The summed E-state index contributed by atoms with van der Waals surface area (Å²) in [6.07, 6.45) is 0.708.